The van der Waals surface area contributed by atoms with Crippen molar-refractivity contribution in [3.05, 3.63) is 70.9 Å². The van der Waals surface area contributed by atoms with Crippen molar-refractivity contribution in [1.29, 1.82) is 0 Å². The lowest BCUT2D eigenvalue weighted by Gasteiger charge is -2.14. The van der Waals surface area contributed by atoms with Gasteiger partial charge in [0.1, 0.15) is 10.7 Å². The molecule has 8 heteroatoms. The molecule has 0 spiro atoms. The average Bonchev–Trinajstić information content (AvgIpc) is 3.08. The first-order chi connectivity index (χ1) is 15.2. The van der Waals surface area contributed by atoms with Gasteiger partial charge < -0.3 is 16.4 Å². The lowest BCUT2D eigenvalue weighted by molar-refractivity contribution is 0.100. The molecule has 0 fully saturated rings. The molecule has 2 aromatic carbocycles. The average molecular weight is 431 g/mol. The summed E-state index contributed by atoms with van der Waals surface area (Å²) in [6.45, 7) is 2.34. The van der Waals surface area contributed by atoms with E-state index in [1.54, 1.807) is 6.07 Å². The van der Waals surface area contributed by atoms with Gasteiger partial charge in [-0.05, 0) is 42.5 Å². The number of nitrogens with one attached hydrogen (secondary N) is 2. The molecule has 0 radical (unpaired) electrons. The second-order valence-electron chi connectivity index (χ2n) is 7.52. The van der Waals surface area contributed by atoms with Crippen LogP contribution in [0.3, 0.4) is 0 Å². The maximum atomic E-state index is 11.8. The highest BCUT2D eigenvalue weighted by Crippen LogP contribution is 2.34. The van der Waals surface area contributed by atoms with Gasteiger partial charge >= 0.3 is 0 Å². The minimum Gasteiger partial charge on any atom is -0.366 e. The molecular weight excluding hydrogens is 408 g/mol. The molecule has 31 heavy (non-hydrogen) atoms. The molecule has 4 aromatic rings. The Morgan fingerprint density at radius 2 is 2.00 bits per heavy atom. The van der Waals surface area contributed by atoms with Crippen LogP contribution in [0, 0.1) is 0 Å². The lowest BCUT2D eigenvalue weighted by Crippen LogP contribution is -2.14. The molecule has 7 nitrogen and oxygen atoms in total. The largest absolute Gasteiger partial charge is 0.366 e. The highest BCUT2D eigenvalue weighted by atomic mass is 32.1. The molecule has 1 aliphatic heterocycles. The number of aromatic nitrogens is 3. The summed E-state index contributed by atoms with van der Waals surface area (Å²) in [5, 5.41) is 7.82. The van der Waals surface area contributed by atoms with E-state index < -0.39 is 5.91 Å². The Bertz CT molecular complexity index is 1250. The first-order valence-electron chi connectivity index (χ1n) is 10.3. The number of rotatable bonds is 5. The second kappa shape index (κ2) is 8.41. The van der Waals surface area contributed by atoms with Crippen molar-refractivity contribution in [3.63, 3.8) is 0 Å². The zero-order valence-corrected chi connectivity index (χ0v) is 17.7. The monoisotopic (exact) mass is 430 g/mol. The fourth-order valence-electron chi connectivity index (χ4n) is 3.89. The summed E-state index contributed by atoms with van der Waals surface area (Å²) in [6, 6.07) is 15.7. The standard InChI is InChI=1S/C23H22N6OS/c24-21(30)17-9-4-8-16-19(17)29-31-20(16)23-27-18-13-25-11-5-10-15(18)22(28-23)26-12-14-6-2-1-3-7-14/h1-4,6-9,25H,5,10-13H2,(H2,24,30)(H,26,27,28). The Hall–Kier alpha value is -3.36. The van der Waals surface area contributed by atoms with Crippen molar-refractivity contribution in [3.8, 4) is 10.7 Å². The van der Waals surface area contributed by atoms with E-state index in [1.165, 1.54) is 17.1 Å². The van der Waals surface area contributed by atoms with Gasteiger partial charge in [0.05, 0.1) is 16.8 Å². The predicted octanol–water partition coefficient (Wildman–Crippen LogP) is 3.50. The zero-order valence-electron chi connectivity index (χ0n) is 16.9. The molecule has 5 rings (SSSR count). The fourth-order valence-corrected chi connectivity index (χ4v) is 4.71. The Morgan fingerprint density at radius 1 is 1.13 bits per heavy atom. The second-order valence-corrected chi connectivity index (χ2v) is 8.29. The van der Waals surface area contributed by atoms with Crippen molar-refractivity contribution in [2.75, 3.05) is 11.9 Å². The molecule has 0 bridgehead atoms. The van der Waals surface area contributed by atoms with E-state index in [9.17, 15) is 4.79 Å². The van der Waals surface area contributed by atoms with Crippen molar-refractivity contribution < 1.29 is 4.79 Å². The van der Waals surface area contributed by atoms with Crippen LogP contribution in [0.2, 0.25) is 0 Å². The SMILES string of the molecule is NC(=O)c1cccc2c(-c3nc4c(c(NCc5ccccc5)n3)CCCNC4)snc12. The van der Waals surface area contributed by atoms with Crippen LogP contribution in [0.5, 0.6) is 0 Å². The van der Waals surface area contributed by atoms with Gasteiger partial charge in [-0.1, -0.05) is 42.5 Å². The molecule has 4 N–H and O–H groups in total. The summed E-state index contributed by atoms with van der Waals surface area (Å²) >= 11 is 1.30. The minimum atomic E-state index is -0.486. The number of benzene rings is 2. The lowest BCUT2D eigenvalue weighted by atomic mass is 10.1. The molecule has 0 saturated carbocycles. The third kappa shape index (κ3) is 3.87. The summed E-state index contributed by atoms with van der Waals surface area (Å²) in [7, 11) is 0. The van der Waals surface area contributed by atoms with Gasteiger partial charge in [0.2, 0.25) is 0 Å². The van der Waals surface area contributed by atoms with Crippen LogP contribution in [0.1, 0.15) is 33.6 Å². The van der Waals surface area contributed by atoms with E-state index in [1.807, 2.05) is 30.3 Å². The molecule has 0 atom stereocenters. The molecule has 1 aliphatic rings. The molecule has 0 saturated heterocycles. The van der Waals surface area contributed by atoms with Crippen molar-refractivity contribution in [2.24, 2.45) is 5.73 Å². The van der Waals surface area contributed by atoms with Gasteiger partial charge in [-0.25, -0.2) is 9.97 Å². The summed E-state index contributed by atoms with van der Waals surface area (Å²) in [6.07, 6.45) is 1.97. The molecule has 1 amide bonds. The first-order valence-corrected chi connectivity index (χ1v) is 11.0. The smallest absolute Gasteiger partial charge is 0.250 e. The van der Waals surface area contributed by atoms with Gasteiger partial charge in [-0.15, -0.1) is 0 Å². The molecule has 2 aromatic heterocycles. The molecule has 0 unspecified atom stereocenters. The molecule has 0 aliphatic carbocycles. The molecule has 156 valence electrons. The van der Waals surface area contributed by atoms with Gasteiger partial charge in [-0.3, -0.25) is 4.79 Å². The van der Waals surface area contributed by atoms with E-state index in [-0.39, 0.29) is 0 Å². The summed E-state index contributed by atoms with van der Waals surface area (Å²) in [4.78, 5) is 22.5. The Labute approximate surface area is 183 Å². The number of anilines is 1. The number of hydrogen-bond acceptors (Lipinski definition) is 7. The Morgan fingerprint density at radius 3 is 2.84 bits per heavy atom. The number of carbonyl (C=O) groups is 1. The van der Waals surface area contributed by atoms with Crippen molar-refractivity contribution in [2.45, 2.75) is 25.9 Å². The minimum absolute atomic E-state index is 0.416. The van der Waals surface area contributed by atoms with E-state index in [2.05, 4.69) is 27.1 Å². The van der Waals surface area contributed by atoms with E-state index in [0.29, 0.717) is 30.0 Å². The van der Waals surface area contributed by atoms with E-state index in [4.69, 9.17) is 15.7 Å². The van der Waals surface area contributed by atoms with Gasteiger partial charge in [0.25, 0.3) is 5.91 Å². The van der Waals surface area contributed by atoms with Crippen LogP contribution in [-0.4, -0.2) is 26.8 Å². The van der Waals surface area contributed by atoms with Crippen LogP contribution in [-0.2, 0) is 19.5 Å². The normalized spacial score (nSPS) is 13.5. The Balaban J connectivity index is 1.59. The summed E-state index contributed by atoms with van der Waals surface area (Å²) in [5.74, 6) is 0.993. The number of carbonyl (C=O) groups excluding carboxylic acids is 1. The number of amides is 1. The van der Waals surface area contributed by atoms with Crippen molar-refractivity contribution >= 4 is 34.2 Å². The Kier molecular flexibility index (Phi) is 5.31. The molecular formula is C23H22N6OS. The fraction of sp³-hybridized carbons (Fsp3) is 0.217. The van der Waals surface area contributed by atoms with Gasteiger partial charge in [0, 0.05) is 24.0 Å². The quantitative estimate of drug-likeness (QED) is 0.447. The summed E-state index contributed by atoms with van der Waals surface area (Å²) < 4.78 is 4.49. The van der Waals surface area contributed by atoms with Crippen molar-refractivity contribution in [1.82, 2.24) is 19.7 Å². The number of nitrogens with zero attached hydrogens (tertiary/aromatic N) is 3. The predicted molar refractivity (Wildman–Crippen MR) is 123 cm³/mol. The zero-order chi connectivity index (χ0) is 21.2. The van der Waals surface area contributed by atoms with Crippen LogP contribution in [0.15, 0.2) is 48.5 Å². The number of primary amides is 1. The van der Waals surface area contributed by atoms with Crippen LogP contribution >= 0.6 is 11.5 Å². The topological polar surface area (TPSA) is 106 Å². The van der Waals surface area contributed by atoms with E-state index >= 15 is 0 Å². The maximum Gasteiger partial charge on any atom is 0.250 e. The van der Waals surface area contributed by atoms with Crippen LogP contribution < -0.4 is 16.4 Å². The number of fused-ring (bicyclic) bond motifs is 2. The first kappa shape index (κ1) is 19.6. The van der Waals surface area contributed by atoms with Gasteiger partial charge in [-0.2, -0.15) is 4.37 Å². The van der Waals surface area contributed by atoms with E-state index in [0.717, 1.165) is 46.7 Å². The summed E-state index contributed by atoms with van der Waals surface area (Å²) in [5.41, 5.74) is 9.91. The number of hydrogen-bond donors (Lipinski definition) is 3. The van der Waals surface area contributed by atoms with Crippen LogP contribution in [0.4, 0.5) is 5.82 Å². The van der Waals surface area contributed by atoms with Gasteiger partial charge in [0.15, 0.2) is 5.82 Å². The highest BCUT2D eigenvalue weighted by molar-refractivity contribution is 7.11. The third-order valence-electron chi connectivity index (χ3n) is 5.45. The van der Waals surface area contributed by atoms with Crippen LogP contribution in [0.25, 0.3) is 21.6 Å². The highest BCUT2D eigenvalue weighted by Gasteiger charge is 2.21. The molecule has 3 heterocycles. The number of nitrogens with two attached hydrogens (primary N) is 1. The third-order valence-corrected chi connectivity index (χ3v) is 6.30. The maximum absolute atomic E-state index is 11.8.